The van der Waals surface area contributed by atoms with Crippen LogP contribution in [0, 0.1) is 0 Å². The van der Waals surface area contributed by atoms with Crippen LogP contribution in [0.2, 0.25) is 0 Å². The van der Waals surface area contributed by atoms with E-state index in [1.165, 1.54) is 11.8 Å². The van der Waals surface area contributed by atoms with E-state index in [-0.39, 0.29) is 11.6 Å². The second kappa shape index (κ2) is 9.29. The van der Waals surface area contributed by atoms with E-state index >= 15 is 0 Å². The van der Waals surface area contributed by atoms with Crippen molar-refractivity contribution in [2.45, 2.75) is 30.5 Å². The molecule has 2 rings (SSSR count). The summed E-state index contributed by atoms with van der Waals surface area (Å²) in [5.41, 5.74) is 6.86. The molecular formula is C16H20N4O2S2. The number of primary amides is 1. The number of rotatable bonds is 8. The molecule has 0 atom stereocenters. The molecular weight excluding hydrogens is 344 g/mol. The van der Waals surface area contributed by atoms with E-state index < -0.39 is 5.91 Å². The molecule has 1 aromatic carbocycles. The lowest BCUT2D eigenvalue weighted by molar-refractivity contribution is 0.0998. The zero-order valence-corrected chi connectivity index (χ0v) is 15.0. The Hall–Kier alpha value is -2.06. The molecule has 24 heavy (non-hydrogen) atoms. The fourth-order valence-corrected chi connectivity index (χ4v) is 3.85. The molecule has 3 amide bonds. The Bertz CT molecular complexity index is 689. The van der Waals surface area contributed by atoms with Crippen LogP contribution in [-0.4, -0.2) is 22.9 Å². The van der Waals surface area contributed by atoms with Crippen LogP contribution >= 0.6 is 23.3 Å². The van der Waals surface area contributed by atoms with Crippen molar-refractivity contribution in [3.8, 4) is 0 Å². The third kappa shape index (κ3) is 5.24. The Morgan fingerprint density at radius 3 is 2.71 bits per heavy atom. The maximum atomic E-state index is 11.8. The van der Waals surface area contributed by atoms with Crippen molar-refractivity contribution in [1.29, 1.82) is 0 Å². The van der Waals surface area contributed by atoms with E-state index in [0.29, 0.717) is 22.3 Å². The number of hydrogen-bond donors (Lipinski definition) is 3. The highest BCUT2D eigenvalue weighted by Crippen LogP contribution is 2.33. The number of thioether (sulfide) groups is 1. The van der Waals surface area contributed by atoms with Gasteiger partial charge in [-0.15, -0.1) is 0 Å². The number of unbranched alkanes of at least 4 members (excludes halogenated alkanes) is 1. The van der Waals surface area contributed by atoms with E-state index in [0.717, 1.165) is 29.9 Å². The van der Waals surface area contributed by atoms with E-state index in [2.05, 4.69) is 15.0 Å². The van der Waals surface area contributed by atoms with Crippen molar-refractivity contribution in [2.24, 2.45) is 5.73 Å². The largest absolute Gasteiger partial charge is 0.365 e. The van der Waals surface area contributed by atoms with Crippen LogP contribution in [0.4, 0.5) is 9.80 Å². The minimum atomic E-state index is -0.594. The summed E-state index contributed by atoms with van der Waals surface area (Å²) >= 11 is 2.49. The first-order valence-electron chi connectivity index (χ1n) is 7.62. The van der Waals surface area contributed by atoms with Crippen molar-refractivity contribution in [3.63, 3.8) is 0 Å². The van der Waals surface area contributed by atoms with Gasteiger partial charge in [0.2, 0.25) is 0 Å². The van der Waals surface area contributed by atoms with Crippen LogP contribution in [0.3, 0.4) is 0 Å². The maximum absolute atomic E-state index is 11.8. The summed E-state index contributed by atoms with van der Waals surface area (Å²) in [4.78, 5) is 23.6. The van der Waals surface area contributed by atoms with Crippen molar-refractivity contribution in [1.82, 2.24) is 9.69 Å². The van der Waals surface area contributed by atoms with Gasteiger partial charge in [-0.1, -0.05) is 55.4 Å². The molecule has 128 valence electrons. The molecule has 0 radical (unpaired) electrons. The SMILES string of the molecule is CCCCNC(=O)Nc1snc(SCc2ccccc2)c1C(N)=O. The van der Waals surface area contributed by atoms with E-state index in [1.54, 1.807) is 0 Å². The molecule has 0 bridgehead atoms. The molecule has 0 spiro atoms. The first-order valence-corrected chi connectivity index (χ1v) is 9.38. The van der Waals surface area contributed by atoms with Gasteiger partial charge in [-0.2, -0.15) is 4.37 Å². The van der Waals surface area contributed by atoms with Gasteiger partial charge in [0.25, 0.3) is 5.91 Å². The highest BCUT2D eigenvalue weighted by molar-refractivity contribution is 7.98. The van der Waals surface area contributed by atoms with Crippen LogP contribution in [0.15, 0.2) is 35.4 Å². The Morgan fingerprint density at radius 1 is 1.29 bits per heavy atom. The lowest BCUT2D eigenvalue weighted by atomic mass is 10.2. The van der Waals surface area contributed by atoms with Crippen molar-refractivity contribution in [3.05, 3.63) is 41.5 Å². The second-order valence-electron chi connectivity index (χ2n) is 5.06. The summed E-state index contributed by atoms with van der Waals surface area (Å²) in [6.07, 6.45) is 1.89. The molecule has 0 unspecified atom stereocenters. The number of carbonyl (C=O) groups is 2. The number of aromatic nitrogens is 1. The average Bonchev–Trinajstić information content (AvgIpc) is 2.97. The quantitative estimate of drug-likeness (QED) is 0.493. The topological polar surface area (TPSA) is 97.1 Å². The van der Waals surface area contributed by atoms with E-state index in [9.17, 15) is 9.59 Å². The van der Waals surface area contributed by atoms with E-state index in [4.69, 9.17) is 5.73 Å². The van der Waals surface area contributed by atoms with E-state index in [1.807, 2.05) is 37.3 Å². The number of anilines is 1. The molecule has 0 aliphatic rings. The molecule has 0 fully saturated rings. The number of benzene rings is 1. The minimum absolute atomic E-state index is 0.270. The summed E-state index contributed by atoms with van der Waals surface area (Å²) < 4.78 is 4.26. The summed E-state index contributed by atoms with van der Waals surface area (Å²) in [5, 5.41) is 6.32. The van der Waals surface area contributed by atoms with Gasteiger partial charge in [-0.3, -0.25) is 10.1 Å². The molecule has 4 N–H and O–H groups in total. The summed E-state index contributed by atoms with van der Waals surface area (Å²) in [7, 11) is 0. The molecule has 0 aliphatic heterocycles. The first-order chi connectivity index (χ1) is 11.6. The molecule has 1 heterocycles. The third-order valence-electron chi connectivity index (χ3n) is 3.17. The number of carbonyl (C=O) groups excluding carboxylic acids is 2. The predicted octanol–water partition coefficient (Wildman–Crippen LogP) is 3.46. The number of nitrogens with two attached hydrogens (primary N) is 1. The van der Waals surface area contributed by atoms with Gasteiger partial charge in [0.05, 0.1) is 0 Å². The molecule has 0 saturated carbocycles. The molecule has 0 saturated heterocycles. The highest BCUT2D eigenvalue weighted by atomic mass is 32.2. The van der Waals surface area contributed by atoms with Crippen LogP contribution < -0.4 is 16.4 Å². The van der Waals surface area contributed by atoms with Gasteiger partial charge in [-0.05, 0) is 23.5 Å². The number of urea groups is 1. The number of hydrogen-bond acceptors (Lipinski definition) is 5. The second-order valence-corrected chi connectivity index (χ2v) is 6.80. The molecule has 0 aliphatic carbocycles. The van der Waals surface area contributed by atoms with Crippen LogP contribution in [0.5, 0.6) is 0 Å². The van der Waals surface area contributed by atoms with Crippen molar-refractivity contribution in [2.75, 3.05) is 11.9 Å². The van der Waals surface area contributed by atoms with Crippen molar-refractivity contribution < 1.29 is 9.59 Å². The Kier molecular flexibility index (Phi) is 7.07. The standard InChI is InChI=1S/C16H20N4O2S2/c1-2-3-9-18-16(22)19-14-12(13(17)21)15(20-24-14)23-10-11-7-5-4-6-8-11/h4-8H,2-3,9-10H2,1H3,(H2,17,21)(H2,18,19,22). The molecule has 6 nitrogen and oxygen atoms in total. The third-order valence-corrected chi connectivity index (χ3v) is 5.09. The van der Waals surface area contributed by atoms with Gasteiger partial charge in [0.15, 0.2) is 0 Å². The smallest absolute Gasteiger partial charge is 0.319 e. The normalized spacial score (nSPS) is 10.4. The Labute approximate surface area is 149 Å². The lowest BCUT2D eigenvalue weighted by Gasteiger charge is -2.06. The Balaban J connectivity index is 2.03. The number of amides is 3. The van der Waals surface area contributed by atoms with Crippen LogP contribution in [0.1, 0.15) is 35.7 Å². The first kappa shape index (κ1) is 18.3. The fourth-order valence-electron chi connectivity index (χ4n) is 1.93. The monoisotopic (exact) mass is 364 g/mol. The maximum Gasteiger partial charge on any atom is 0.319 e. The van der Waals surface area contributed by atoms with Gasteiger partial charge in [0.1, 0.15) is 15.6 Å². The predicted molar refractivity (Wildman–Crippen MR) is 98.6 cm³/mol. The number of nitrogens with one attached hydrogen (secondary N) is 2. The summed E-state index contributed by atoms with van der Waals surface area (Å²) in [6, 6.07) is 9.52. The van der Waals surface area contributed by atoms with Gasteiger partial charge < -0.3 is 11.1 Å². The van der Waals surface area contributed by atoms with Gasteiger partial charge in [-0.25, -0.2) is 4.79 Å². The zero-order valence-electron chi connectivity index (χ0n) is 13.4. The van der Waals surface area contributed by atoms with Crippen LogP contribution in [-0.2, 0) is 5.75 Å². The van der Waals surface area contributed by atoms with Crippen molar-refractivity contribution >= 4 is 40.2 Å². The Morgan fingerprint density at radius 2 is 2.04 bits per heavy atom. The van der Waals surface area contributed by atoms with Crippen LogP contribution in [0.25, 0.3) is 0 Å². The highest BCUT2D eigenvalue weighted by Gasteiger charge is 2.20. The molecule has 2 aromatic rings. The summed E-state index contributed by atoms with van der Waals surface area (Å²) in [5.74, 6) is 0.0793. The molecule has 8 heteroatoms. The minimum Gasteiger partial charge on any atom is -0.365 e. The zero-order chi connectivity index (χ0) is 17.4. The summed E-state index contributed by atoms with van der Waals surface area (Å²) in [6.45, 7) is 2.63. The number of nitrogens with zero attached hydrogens (tertiary/aromatic N) is 1. The van der Waals surface area contributed by atoms with Gasteiger partial charge in [0, 0.05) is 12.3 Å². The fraction of sp³-hybridized carbons (Fsp3) is 0.312. The van der Waals surface area contributed by atoms with Gasteiger partial charge >= 0.3 is 6.03 Å². The molecule has 1 aromatic heterocycles. The average molecular weight is 364 g/mol. The lowest BCUT2D eigenvalue weighted by Crippen LogP contribution is -2.30.